The van der Waals surface area contributed by atoms with Crippen LogP contribution in [0.2, 0.25) is 0 Å². The fourth-order valence-corrected chi connectivity index (χ4v) is 2.48. The third-order valence-corrected chi connectivity index (χ3v) is 3.53. The molecule has 0 spiro atoms. The van der Waals surface area contributed by atoms with Gasteiger partial charge in [-0.05, 0) is 62.5 Å². The van der Waals surface area contributed by atoms with E-state index in [1.54, 1.807) is 0 Å². The number of nitrogens with one attached hydrogen (secondary N) is 1. The smallest absolute Gasteiger partial charge is 0.273 e. The van der Waals surface area contributed by atoms with Crippen LogP contribution in [0.1, 0.15) is 31.2 Å². The molecule has 100 valence electrons. The van der Waals surface area contributed by atoms with E-state index in [2.05, 4.69) is 5.32 Å². The molecule has 4 heteroatoms. The summed E-state index contributed by atoms with van der Waals surface area (Å²) in [6, 6.07) is 5.25. The van der Waals surface area contributed by atoms with E-state index < -0.39 is 5.92 Å². The van der Waals surface area contributed by atoms with Gasteiger partial charge in [0.15, 0.2) is 0 Å². The van der Waals surface area contributed by atoms with E-state index in [1.165, 1.54) is 24.3 Å². The summed E-state index contributed by atoms with van der Waals surface area (Å²) in [5.74, 6) is -2.71. The van der Waals surface area contributed by atoms with Crippen LogP contribution in [0, 0.1) is 5.92 Å². The van der Waals surface area contributed by atoms with Crippen LogP contribution in [0.15, 0.2) is 24.3 Å². The Balaban J connectivity index is 2.03. The lowest BCUT2D eigenvalue weighted by Crippen LogP contribution is -2.20. The fraction of sp³-hybridized carbons (Fsp3) is 0.571. The standard InChI is InChI=1S/C14H19F2NO/c15-14(16,12-3-5-13(18)6-4-12)10-11-2-1-8-17-9-7-11/h3-6,11,17-18H,1-2,7-10H2. The molecule has 0 aliphatic carbocycles. The SMILES string of the molecule is Oc1ccc(C(F)(F)CC2CCCNCC2)cc1. The van der Waals surface area contributed by atoms with Crippen LogP contribution in [-0.2, 0) is 5.92 Å². The number of alkyl halides is 2. The largest absolute Gasteiger partial charge is 0.508 e. The van der Waals surface area contributed by atoms with Crippen LogP contribution in [0.3, 0.4) is 0 Å². The first-order valence-corrected chi connectivity index (χ1v) is 6.46. The minimum Gasteiger partial charge on any atom is -0.508 e. The molecule has 1 atom stereocenters. The number of phenols is 1. The summed E-state index contributed by atoms with van der Waals surface area (Å²) in [4.78, 5) is 0. The van der Waals surface area contributed by atoms with Gasteiger partial charge in [0.2, 0.25) is 0 Å². The Morgan fingerprint density at radius 1 is 1.17 bits per heavy atom. The maximum absolute atomic E-state index is 14.1. The minimum absolute atomic E-state index is 0.00231. The molecule has 1 aromatic rings. The molecule has 0 radical (unpaired) electrons. The van der Waals surface area contributed by atoms with Gasteiger partial charge < -0.3 is 10.4 Å². The van der Waals surface area contributed by atoms with E-state index >= 15 is 0 Å². The van der Waals surface area contributed by atoms with Gasteiger partial charge in [-0.15, -0.1) is 0 Å². The normalized spacial score (nSPS) is 21.6. The molecular weight excluding hydrogens is 236 g/mol. The summed E-state index contributed by atoms with van der Waals surface area (Å²) >= 11 is 0. The van der Waals surface area contributed by atoms with Gasteiger partial charge in [-0.1, -0.05) is 0 Å². The molecule has 2 nitrogen and oxygen atoms in total. The highest BCUT2D eigenvalue weighted by atomic mass is 19.3. The summed E-state index contributed by atoms with van der Waals surface area (Å²) in [5, 5.41) is 12.4. The second-order valence-electron chi connectivity index (χ2n) is 5.00. The van der Waals surface area contributed by atoms with Crippen molar-refractivity contribution in [1.29, 1.82) is 0 Å². The van der Waals surface area contributed by atoms with E-state index in [0.29, 0.717) is 0 Å². The molecule has 0 bridgehead atoms. The average Bonchev–Trinajstić information content (AvgIpc) is 2.57. The van der Waals surface area contributed by atoms with Gasteiger partial charge in [0.05, 0.1) is 0 Å². The van der Waals surface area contributed by atoms with Crippen LogP contribution in [-0.4, -0.2) is 18.2 Å². The van der Waals surface area contributed by atoms with Crippen molar-refractivity contribution >= 4 is 0 Å². The molecule has 1 aliphatic heterocycles. The molecule has 1 saturated heterocycles. The topological polar surface area (TPSA) is 32.3 Å². The number of phenolic OH excluding ortho intramolecular Hbond substituents is 1. The predicted molar refractivity (Wildman–Crippen MR) is 66.8 cm³/mol. The Bertz CT molecular complexity index is 370. The molecule has 1 heterocycles. The van der Waals surface area contributed by atoms with Gasteiger partial charge >= 0.3 is 0 Å². The third kappa shape index (κ3) is 3.42. The Labute approximate surface area is 106 Å². The zero-order chi connectivity index (χ0) is 13.0. The molecule has 0 amide bonds. The first-order valence-electron chi connectivity index (χ1n) is 6.46. The van der Waals surface area contributed by atoms with Crippen molar-refractivity contribution in [3.05, 3.63) is 29.8 Å². The number of rotatable bonds is 3. The lowest BCUT2D eigenvalue weighted by Gasteiger charge is -2.22. The van der Waals surface area contributed by atoms with Crippen molar-refractivity contribution in [2.75, 3.05) is 13.1 Å². The molecule has 2 N–H and O–H groups in total. The van der Waals surface area contributed by atoms with Gasteiger partial charge in [0.1, 0.15) is 5.75 Å². The highest BCUT2D eigenvalue weighted by Gasteiger charge is 2.34. The Kier molecular flexibility index (Phi) is 4.17. The summed E-state index contributed by atoms with van der Waals surface area (Å²) in [7, 11) is 0. The van der Waals surface area contributed by atoms with Crippen LogP contribution in [0.25, 0.3) is 0 Å². The quantitative estimate of drug-likeness (QED) is 0.869. The van der Waals surface area contributed by atoms with Crippen LogP contribution in [0.4, 0.5) is 8.78 Å². The zero-order valence-corrected chi connectivity index (χ0v) is 10.3. The Hall–Kier alpha value is -1.16. The van der Waals surface area contributed by atoms with Crippen LogP contribution < -0.4 is 5.32 Å². The molecule has 0 aromatic heterocycles. The first-order chi connectivity index (χ1) is 8.58. The number of halogens is 2. The zero-order valence-electron chi connectivity index (χ0n) is 10.3. The van der Waals surface area contributed by atoms with Gasteiger partial charge in [0, 0.05) is 12.0 Å². The van der Waals surface area contributed by atoms with Crippen molar-refractivity contribution in [3.8, 4) is 5.75 Å². The molecule has 1 aliphatic rings. The predicted octanol–water partition coefficient (Wildman–Crippen LogP) is 3.26. The number of aromatic hydroxyl groups is 1. The number of benzene rings is 1. The summed E-state index contributed by atoms with van der Waals surface area (Å²) in [6.45, 7) is 1.76. The third-order valence-electron chi connectivity index (χ3n) is 3.53. The van der Waals surface area contributed by atoms with Crippen molar-refractivity contribution in [2.24, 2.45) is 5.92 Å². The van der Waals surface area contributed by atoms with Gasteiger partial charge in [-0.3, -0.25) is 0 Å². The highest BCUT2D eigenvalue weighted by molar-refractivity contribution is 5.28. The Morgan fingerprint density at radius 3 is 2.61 bits per heavy atom. The van der Waals surface area contributed by atoms with E-state index in [-0.39, 0.29) is 23.7 Å². The molecule has 2 rings (SSSR count). The lowest BCUT2D eigenvalue weighted by molar-refractivity contribution is -0.0305. The van der Waals surface area contributed by atoms with Crippen molar-refractivity contribution in [3.63, 3.8) is 0 Å². The fourth-order valence-electron chi connectivity index (χ4n) is 2.48. The molecule has 1 aromatic carbocycles. The van der Waals surface area contributed by atoms with Gasteiger partial charge in [-0.2, -0.15) is 0 Å². The second kappa shape index (κ2) is 5.65. The number of hydrogen-bond acceptors (Lipinski definition) is 2. The van der Waals surface area contributed by atoms with Crippen molar-refractivity contribution < 1.29 is 13.9 Å². The number of hydrogen-bond donors (Lipinski definition) is 2. The molecule has 18 heavy (non-hydrogen) atoms. The van der Waals surface area contributed by atoms with Gasteiger partial charge in [-0.25, -0.2) is 8.78 Å². The van der Waals surface area contributed by atoms with Crippen LogP contribution in [0.5, 0.6) is 5.75 Å². The van der Waals surface area contributed by atoms with Crippen molar-refractivity contribution in [1.82, 2.24) is 5.32 Å². The molecular formula is C14H19F2NO. The maximum atomic E-state index is 14.1. The van der Waals surface area contributed by atoms with E-state index in [9.17, 15) is 8.78 Å². The summed E-state index contributed by atoms with van der Waals surface area (Å²) < 4.78 is 28.2. The molecule has 1 fully saturated rings. The molecule has 1 unspecified atom stereocenters. The van der Waals surface area contributed by atoms with E-state index in [1.807, 2.05) is 0 Å². The highest BCUT2D eigenvalue weighted by Crippen LogP contribution is 2.37. The summed E-state index contributed by atoms with van der Waals surface area (Å²) in [6.07, 6.45) is 2.55. The Morgan fingerprint density at radius 2 is 1.89 bits per heavy atom. The van der Waals surface area contributed by atoms with E-state index in [4.69, 9.17) is 5.11 Å². The lowest BCUT2D eigenvalue weighted by atomic mass is 9.90. The van der Waals surface area contributed by atoms with E-state index in [0.717, 1.165) is 32.4 Å². The van der Waals surface area contributed by atoms with Crippen LogP contribution >= 0.6 is 0 Å². The monoisotopic (exact) mass is 255 g/mol. The minimum atomic E-state index is -2.80. The second-order valence-corrected chi connectivity index (χ2v) is 5.00. The summed E-state index contributed by atoms with van der Waals surface area (Å²) in [5.41, 5.74) is -0.00231. The van der Waals surface area contributed by atoms with Crippen molar-refractivity contribution in [2.45, 2.75) is 31.6 Å². The average molecular weight is 255 g/mol. The maximum Gasteiger partial charge on any atom is 0.273 e. The van der Waals surface area contributed by atoms with Gasteiger partial charge in [0.25, 0.3) is 5.92 Å². The molecule has 0 saturated carbocycles. The first kappa shape index (κ1) is 13.3.